The highest BCUT2D eigenvalue weighted by Crippen LogP contribution is 2.43. The zero-order valence-corrected chi connectivity index (χ0v) is 8.09. The summed E-state index contributed by atoms with van der Waals surface area (Å²) in [6, 6.07) is 0. The van der Waals surface area contributed by atoms with E-state index >= 15 is 0 Å². The Kier molecular flexibility index (Phi) is 2.08. The maximum Gasteiger partial charge on any atom is -0.0137 e. The van der Waals surface area contributed by atoms with Crippen molar-refractivity contribution in [2.24, 2.45) is 17.8 Å². The van der Waals surface area contributed by atoms with Gasteiger partial charge in [0.15, 0.2) is 0 Å². The average Bonchev–Trinajstić information content (AvgIpc) is 2.49. The van der Waals surface area contributed by atoms with Crippen molar-refractivity contribution in [2.45, 2.75) is 33.1 Å². The van der Waals surface area contributed by atoms with Crippen molar-refractivity contribution in [1.82, 2.24) is 0 Å². The van der Waals surface area contributed by atoms with E-state index in [1.807, 2.05) is 0 Å². The van der Waals surface area contributed by atoms with Crippen molar-refractivity contribution in [3.05, 3.63) is 23.8 Å². The van der Waals surface area contributed by atoms with E-state index < -0.39 is 0 Å². The summed E-state index contributed by atoms with van der Waals surface area (Å²) in [5.74, 6) is 2.66. The minimum absolute atomic E-state index is 0.793. The summed E-state index contributed by atoms with van der Waals surface area (Å²) >= 11 is 0. The van der Waals surface area contributed by atoms with E-state index in [4.69, 9.17) is 0 Å². The molecular weight excluding hydrogens is 144 g/mol. The molecule has 0 aromatic rings. The van der Waals surface area contributed by atoms with Gasteiger partial charge in [0.05, 0.1) is 0 Å². The van der Waals surface area contributed by atoms with Gasteiger partial charge in [-0.3, -0.25) is 0 Å². The first-order chi connectivity index (χ1) is 5.81. The second kappa shape index (κ2) is 3.08. The monoisotopic (exact) mass is 162 g/mol. The van der Waals surface area contributed by atoms with Crippen LogP contribution in [0.15, 0.2) is 23.8 Å². The molecule has 0 amide bonds. The lowest BCUT2D eigenvalue weighted by Gasteiger charge is -2.20. The van der Waals surface area contributed by atoms with Crippen LogP contribution in [-0.4, -0.2) is 0 Å². The Hall–Kier alpha value is -0.520. The molecule has 0 radical (unpaired) electrons. The summed E-state index contributed by atoms with van der Waals surface area (Å²) in [6.07, 6.45) is 11.1. The van der Waals surface area contributed by atoms with Crippen molar-refractivity contribution in [3.8, 4) is 0 Å². The van der Waals surface area contributed by atoms with Gasteiger partial charge in [0.1, 0.15) is 0 Å². The highest BCUT2D eigenvalue weighted by atomic mass is 14.4. The van der Waals surface area contributed by atoms with E-state index in [-0.39, 0.29) is 0 Å². The first-order valence-corrected chi connectivity index (χ1v) is 5.18. The van der Waals surface area contributed by atoms with Gasteiger partial charge in [0.25, 0.3) is 0 Å². The van der Waals surface area contributed by atoms with Crippen molar-refractivity contribution in [3.63, 3.8) is 0 Å². The van der Waals surface area contributed by atoms with Crippen molar-refractivity contribution >= 4 is 0 Å². The van der Waals surface area contributed by atoms with Gasteiger partial charge in [-0.1, -0.05) is 44.1 Å². The molecule has 0 heterocycles. The molecule has 0 N–H and O–H groups in total. The molecule has 3 atom stereocenters. The molecule has 2 rings (SSSR count). The van der Waals surface area contributed by atoms with Gasteiger partial charge in [0, 0.05) is 0 Å². The Morgan fingerprint density at radius 3 is 3.00 bits per heavy atom. The van der Waals surface area contributed by atoms with Crippen LogP contribution in [0.4, 0.5) is 0 Å². The fourth-order valence-corrected chi connectivity index (χ4v) is 2.62. The van der Waals surface area contributed by atoms with Crippen LogP contribution in [0.2, 0.25) is 0 Å². The molecule has 66 valence electrons. The molecule has 1 fully saturated rings. The maximum absolute atomic E-state index is 2.35. The van der Waals surface area contributed by atoms with E-state index in [0.29, 0.717) is 0 Å². The maximum atomic E-state index is 2.35. The van der Waals surface area contributed by atoms with Gasteiger partial charge in [-0.25, -0.2) is 0 Å². The van der Waals surface area contributed by atoms with Gasteiger partial charge in [0.2, 0.25) is 0 Å². The van der Waals surface area contributed by atoms with E-state index in [2.05, 4.69) is 32.1 Å². The van der Waals surface area contributed by atoms with Crippen LogP contribution < -0.4 is 0 Å². The Bertz CT molecular complexity index is 222. The van der Waals surface area contributed by atoms with Crippen LogP contribution in [0, 0.1) is 17.8 Å². The van der Waals surface area contributed by atoms with E-state index in [9.17, 15) is 0 Å². The fourth-order valence-electron chi connectivity index (χ4n) is 2.62. The highest BCUT2D eigenvalue weighted by molar-refractivity contribution is 5.26. The predicted octanol–water partition coefficient (Wildman–Crippen LogP) is 3.55. The van der Waals surface area contributed by atoms with Gasteiger partial charge in [-0.15, -0.1) is 0 Å². The molecule has 2 aliphatic rings. The van der Waals surface area contributed by atoms with Crippen molar-refractivity contribution in [2.75, 3.05) is 0 Å². The Morgan fingerprint density at radius 2 is 2.33 bits per heavy atom. The molecule has 0 heteroatoms. The third kappa shape index (κ3) is 1.24. The SMILES string of the molecule is CCC1CC2=CC=CC(C)C2C1. The summed E-state index contributed by atoms with van der Waals surface area (Å²) in [4.78, 5) is 0. The van der Waals surface area contributed by atoms with Crippen LogP contribution in [0.25, 0.3) is 0 Å². The third-order valence-electron chi connectivity index (χ3n) is 3.52. The summed E-state index contributed by atoms with van der Waals surface area (Å²) < 4.78 is 0. The van der Waals surface area contributed by atoms with Crippen LogP contribution in [0.5, 0.6) is 0 Å². The molecular formula is C12H18. The molecule has 0 spiro atoms. The minimum atomic E-state index is 0.793. The smallest absolute Gasteiger partial charge is 0.0137 e. The number of fused-ring (bicyclic) bond motifs is 1. The van der Waals surface area contributed by atoms with E-state index in [1.54, 1.807) is 5.57 Å². The molecule has 0 aromatic heterocycles. The number of rotatable bonds is 1. The van der Waals surface area contributed by atoms with Gasteiger partial charge in [-0.05, 0) is 30.6 Å². The predicted molar refractivity (Wildman–Crippen MR) is 52.9 cm³/mol. The minimum Gasteiger partial charge on any atom is -0.0811 e. The molecule has 0 saturated heterocycles. The molecule has 0 nitrogen and oxygen atoms in total. The molecule has 2 aliphatic carbocycles. The lowest BCUT2D eigenvalue weighted by Crippen LogP contribution is -2.09. The lowest BCUT2D eigenvalue weighted by molar-refractivity contribution is 0.429. The van der Waals surface area contributed by atoms with Crippen LogP contribution in [0.1, 0.15) is 33.1 Å². The van der Waals surface area contributed by atoms with Crippen molar-refractivity contribution in [1.29, 1.82) is 0 Å². The molecule has 0 aromatic carbocycles. The highest BCUT2D eigenvalue weighted by Gasteiger charge is 2.31. The summed E-state index contributed by atoms with van der Waals surface area (Å²) in [6.45, 7) is 4.67. The standard InChI is InChI=1S/C12H18/c1-3-10-7-11-6-4-5-9(2)12(11)8-10/h4-6,9-10,12H,3,7-8H2,1-2H3. The van der Waals surface area contributed by atoms with Crippen LogP contribution in [0.3, 0.4) is 0 Å². The summed E-state index contributed by atoms with van der Waals surface area (Å²) in [5.41, 5.74) is 1.72. The molecule has 0 aliphatic heterocycles. The van der Waals surface area contributed by atoms with Gasteiger partial charge >= 0.3 is 0 Å². The molecule has 12 heavy (non-hydrogen) atoms. The second-order valence-electron chi connectivity index (χ2n) is 4.31. The van der Waals surface area contributed by atoms with Crippen molar-refractivity contribution < 1.29 is 0 Å². The molecule has 0 bridgehead atoms. The normalized spacial score (nSPS) is 39.5. The van der Waals surface area contributed by atoms with Crippen LogP contribution >= 0.6 is 0 Å². The lowest BCUT2D eigenvalue weighted by atomic mass is 9.85. The third-order valence-corrected chi connectivity index (χ3v) is 3.52. The summed E-state index contributed by atoms with van der Waals surface area (Å²) in [7, 11) is 0. The number of hydrogen-bond acceptors (Lipinski definition) is 0. The zero-order valence-electron chi connectivity index (χ0n) is 8.09. The zero-order chi connectivity index (χ0) is 8.55. The molecule has 3 unspecified atom stereocenters. The largest absolute Gasteiger partial charge is 0.0811 e. The Morgan fingerprint density at radius 1 is 1.50 bits per heavy atom. The van der Waals surface area contributed by atoms with E-state index in [0.717, 1.165) is 17.8 Å². The molecule has 1 saturated carbocycles. The Balaban J connectivity index is 2.13. The fraction of sp³-hybridized carbons (Fsp3) is 0.667. The van der Waals surface area contributed by atoms with Gasteiger partial charge < -0.3 is 0 Å². The number of allylic oxidation sites excluding steroid dienone is 4. The second-order valence-corrected chi connectivity index (χ2v) is 4.31. The quantitative estimate of drug-likeness (QED) is 0.553. The summed E-state index contributed by atoms with van der Waals surface area (Å²) in [5, 5.41) is 0. The van der Waals surface area contributed by atoms with Crippen LogP contribution in [-0.2, 0) is 0 Å². The number of hydrogen-bond donors (Lipinski definition) is 0. The average molecular weight is 162 g/mol. The first-order valence-electron chi connectivity index (χ1n) is 5.18. The van der Waals surface area contributed by atoms with E-state index in [1.165, 1.54) is 19.3 Å². The first kappa shape index (κ1) is 8.10. The Labute approximate surface area is 75.4 Å². The topological polar surface area (TPSA) is 0 Å². The van der Waals surface area contributed by atoms with Gasteiger partial charge in [-0.2, -0.15) is 0 Å².